The lowest BCUT2D eigenvalue weighted by molar-refractivity contribution is -0.138. The summed E-state index contributed by atoms with van der Waals surface area (Å²) in [4.78, 5) is 21.0. The number of hydrogen-bond acceptors (Lipinski definition) is 5. The highest BCUT2D eigenvalue weighted by molar-refractivity contribution is 5.91. The summed E-state index contributed by atoms with van der Waals surface area (Å²) in [6.07, 6.45) is -2.10. The van der Waals surface area contributed by atoms with Gasteiger partial charge in [0.25, 0.3) is 0 Å². The Morgan fingerprint density at radius 1 is 1.00 bits per heavy atom. The van der Waals surface area contributed by atoms with Crippen LogP contribution in [0.1, 0.15) is 24.1 Å². The Kier molecular flexibility index (Phi) is 4.91. The van der Waals surface area contributed by atoms with E-state index < -0.39 is 17.2 Å². The maximum Gasteiger partial charge on any atom is 0.417 e. The third-order valence-electron chi connectivity index (χ3n) is 6.18. The van der Waals surface area contributed by atoms with Gasteiger partial charge in [-0.1, -0.05) is 35.5 Å². The third kappa shape index (κ3) is 3.72. The number of nitrogens with zero attached hydrogens (tertiary/aromatic N) is 4. The lowest BCUT2D eigenvalue weighted by Crippen LogP contribution is -2.51. The Labute approximate surface area is 182 Å². The summed E-state index contributed by atoms with van der Waals surface area (Å²) >= 11 is 0. The molecule has 2 aromatic heterocycles. The van der Waals surface area contributed by atoms with Gasteiger partial charge < -0.3 is 14.3 Å². The van der Waals surface area contributed by atoms with E-state index in [1.54, 1.807) is 0 Å². The molecule has 1 saturated heterocycles. The van der Waals surface area contributed by atoms with Crippen LogP contribution >= 0.6 is 0 Å². The first kappa shape index (κ1) is 20.5. The number of amides is 1. The van der Waals surface area contributed by atoms with Gasteiger partial charge in [-0.05, 0) is 25.0 Å². The van der Waals surface area contributed by atoms with Crippen LogP contribution in [0.15, 0.2) is 59.3 Å². The monoisotopic (exact) mass is 442 g/mol. The molecule has 1 aliphatic carbocycles. The first-order valence-corrected chi connectivity index (χ1v) is 10.5. The van der Waals surface area contributed by atoms with Crippen LogP contribution < -0.4 is 4.90 Å². The Morgan fingerprint density at radius 3 is 2.31 bits per heavy atom. The van der Waals surface area contributed by atoms with Gasteiger partial charge in [-0.25, -0.2) is 4.98 Å². The van der Waals surface area contributed by atoms with Gasteiger partial charge in [0.15, 0.2) is 5.76 Å². The zero-order valence-corrected chi connectivity index (χ0v) is 17.2. The second-order valence-corrected chi connectivity index (χ2v) is 8.21. The molecular formula is C23H21F3N4O2. The summed E-state index contributed by atoms with van der Waals surface area (Å²) in [5.74, 6) is 1.15. The van der Waals surface area contributed by atoms with Gasteiger partial charge in [0.1, 0.15) is 5.82 Å². The molecule has 0 radical (unpaired) electrons. The fraction of sp³-hybridized carbons (Fsp3) is 0.348. The van der Waals surface area contributed by atoms with Crippen molar-refractivity contribution in [1.82, 2.24) is 15.0 Å². The molecule has 2 fully saturated rings. The fourth-order valence-corrected chi connectivity index (χ4v) is 4.13. The number of carbonyl (C=O) groups excluding carboxylic acids is 1. The molecular weight excluding hydrogens is 421 g/mol. The molecule has 166 valence electrons. The molecule has 1 amide bonds. The van der Waals surface area contributed by atoms with Crippen molar-refractivity contribution in [2.45, 2.75) is 24.4 Å². The molecule has 1 aliphatic heterocycles. The predicted octanol–water partition coefficient (Wildman–Crippen LogP) is 4.14. The first-order valence-electron chi connectivity index (χ1n) is 10.5. The lowest BCUT2D eigenvalue weighted by Gasteiger charge is -2.37. The van der Waals surface area contributed by atoms with E-state index in [-0.39, 0.29) is 5.91 Å². The number of halogens is 3. The maximum atomic E-state index is 13.3. The zero-order chi connectivity index (χ0) is 22.3. The summed E-state index contributed by atoms with van der Waals surface area (Å²) < 4.78 is 43.7. The van der Waals surface area contributed by atoms with Crippen molar-refractivity contribution in [3.8, 4) is 11.3 Å². The molecule has 0 N–H and O–H groups in total. The number of hydrogen-bond donors (Lipinski definition) is 0. The van der Waals surface area contributed by atoms with E-state index in [1.807, 2.05) is 46.2 Å². The van der Waals surface area contributed by atoms with Crippen molar-refractivity contribution in [2.75, 3.05) is 31.1 Å². The van der Waals surface area contributed by atoms with Gasteiger partial charge in [-0.15, -0.1) is 0 Å². The Balaban J connectivity index is 1.24. The smallest absolute Gasteiger partial charge is 0.356 e. The SMILES string of the molecule is O=C(N1CCN(c2ccc(C(F)(F)F)cn2)CC1)C1(c2cc(-c3ccccc3)on2)CC1. The van der Waals surface area contributed by atoms with E-state index in [1.165, 1.54) is 6.07 Å². The van der Waals surface area contributed by atoms with Crippen LogP contribution in [-0.2, 0) is 16.4 Å². The number of anilines is 1. The normalized spacial score (nSPS) is 18.0. The van der Waals surface area contributed by atoms with Gasteiger partial charge in [0, 0.05) is 44.0 Å². The molecule has 1 aromatic carbocycles. The number of rotatable bonds is 4. The second kappa shape index (κ2) is 7.65. The van der Waals surface area contributed by atoms with Crippen molar-refractivity contribution in [3.63, 3.8) is 0 Å². The van der Waals surface area contributed by atoms with Crippen molar-refractivity contribution >= 4 is 11.7 Å². The fourth-order valence-electron chi connectivity index (χ4n) is 4.13. The van der Waals surface area contributed by atoms with Gasteiger partial charge in [0.05, 0.1) is 16.7 Å². The number of alkyl halides is 3. The number of benzene rings is 1. The van der Waals surface area contributed by atoms with Gasteiger partial charge in [-0.2, -0.15) is 13.2 Å². The average molecular weight is 442 g/mol. The van der Waals surface area contributed by atoms with E-state index in [2.05, 4.69) is 10.1 Å². The largest absolute Gasteiger partial charge is 0.417 e. The molecule has 0 spiro atoms. The molecule has 0 unspecified atom stereocenters. The molecule has 1 saturated carbocycles. The minimum absolute atomic E-state index is 0.0328. The molecule has 2 aliphatic rings. The highest BCUT2D eigenvalue weighted by Crippen LogP contribution is 2.50. The van der Waals surface area contributed by atoms with E-state index in [9.17, 15) is 18.0 Å². The van der Waals surface area contributed by atoms with Crippen LogP contribution in [0.25, 0.3) is 11.3 Å². The molecule has 0 bridgehead atoms. The molecule has 0 atom stereocenters. The first-order chi connectivity index (χ1) is 15.4. The predicted molar refractivity (Wildman–Crippen MR) is 111 cm³/mol. The van der Waals surface area contributed by atoms with Gasteiger partial charge >= 0.3 is 6.18 Å². The Morgan fingerprint density at radius 2 is 1.72 bits per heavy atom. The number of aromatic nitrogens is 2. The molecule has 32 heavy (non-hydrogen) atoms. The van der Waals surface area contributed by atoms with E-state index in [4.69, 9.17) is 4.52 Å². The quantitative estimate of drug-likeness (QED) is 0.608. The number of carbonyl (C=O) groups is 1. The van der Waals surface area contributed by atoms with Crippen LogP contribution in [0.5, 0.6) is 0 Å². The topological polar surface area (TPSA) is 62.5 Å². The average Bonchev–Trinajstić information content (AvgIpc) is 3.47. The highest BCUT2D eigenvalue weighted by Gasteiger charge is 2.55. The van der Waals surface area contributed by atoms with E-state index in [0.29, 0.717) is 43.5 Å². The minimum Gasteiger partial charge on any atom is -0.356 e. The second-order valence-electron chi connectivity index (χ2n) is 8.21. The molecule has 5 rings (SSSR count). The summed E-state index contributed by atoms with van der Waals surface area (Å²) in [6, 6.07) is 13.9. The highest BCUT2D eigenvalue weighted by atomic mass is 19.4. The summed E-state index contributed by atoms with van der Waals surface area (Å²) in [5.41, 5.74) is 0.166. The van der Waals surface area contributed by atoms with Gasteiger partial charge in [0.2, 0.25) is 5.91 Å². The minimum atomic E-state index is -4.41. The van der Waals surface area contributed by atoms with Crippen molar-refractivity contribution in [1.29, 1.82) is 0 Å². The summed E-state index contributed by atoms with van der Waals surface area (Å²) in [6.45, 7) is 1.97. The van der Waals surface area contributed by atoms with E-state index >= 15 is 0 Å². The Hall–Kier alpha value is -3.36. The lowest BCUT2D eigenvalue weighted by atomic mass is 9.99. The van der Waals surface area contributed by atoms with Crippen molar-refractivity contribution < 1.29 is 22.5 Å². The summed E-state index contributed by atoms with van der Waals surface area (Å²) in [5, 5.41) is 4.20. The molecule has 3 aromatic rings. The zero-order valence-electron chi connectivity index (χ0n) is 17.2. The third-order valence-corrected chi connectivity index (χ3v) is 6.18. The maximum absolute atomic E-state index is 13.3. The number of pyridine rings is 1. The van der Waals surface area contributed by atoms with E-state index in [0.717, 1.165) is 30.7 Å². The number of piperazine rings is 1. The van der Waals surface area contributed by atoms with Crippen LogP contribution in [0.4, 0.5) is 19.0 Å². The van der Waals surface area contributed by atoms with Crippen molar-refractivity contribution in [3.05, 3.63) is 66.0 Å². The molecule has 6 nitrogen and oxygen atoms in total. The van der Waals surface area contributed by atoms with Gasteiger partial charge in [-0.3, -0.25) is 4.79 Å². The Bertz CT molecular complexity index is 1100. The van der Waals surface area contributed by atoms with Crippen LogP contribution in [-0.4, -0.2) is 47.1 Å². The standard InChI is InChI=1S/C23H21F3N4O2/c24-23(25,26)17-6-7-20(27-15-17)29-10-12-30(13-11-29)21(31)22(8-9-22)19-14-18(32-28-19)16-4-2-1-3-5-16/h1-7,14-15H,8-13H2. The summed E-state index contributed by atoms with van der Waals surface area (Å²) in [7, 11) is 0. The molecule has 3 heterocycles. The van der Waals surface area contributed by atoms with Crippen LogP contribution in [0.3, 0.4) is 0 Å². The van der Waals surface area contributed by atoms with Crippen LogP contribution in [0, 0.1) is 0 Å². The molecule has 9 heteroatoms. The van der Waals surface area contributed by atoms with Crippen LogP contribution in [0.2, 0.25) is 0 Å². The van der Waals surface area contributed by atoms with Crippen molar-refractivity contribution in [2.24, 2.45) is 0 Å².